The summed E-state index contributed by atoms with van der Waals surface area (Å²) in [6.45, 7) is 9.35. The van der Waals surface area contributed by atoms with E-state index in [0.29, 0.717) is 15.6 Å². The molecule has 11 heteroatoms. The van der Waals surface area contributed by atoms with Crippen LogP contribution in [0.2, 0.25) is 10.0 Å². The van der Waals surface area contributed by atoms with Crippen LogP contribution in [0.4, 0.5) is 10.8 Å². The fourth-order valence-corrected chi connectivity index (χ4v) is 6.83. The maximum atomic E-state index is 7.05. The number of hydrogen-bond acceptors (Lipinski definition) is 7. The summed E-state index contributed by atoms with van der Waals surface area (Å²) in [5.74, 6) is 0. The number of aromatic nitrogens is 5. The molecule has 40 heavy (non-hydrogen) atoms. The largest absolute Gasteiger partial charge is 0.369 e. The van der Waals surface area contributed by atoms with Gasteiger partial charge in [0, 0.05) is 78.5 Å². The Bertz CT molecular complexity index is 1680. The summed E-state index contributed by atoms with van der Waals surface area (Å²) in [5.41, 5.74) is 6.57. The number of nitrogens with zero attached hydrogens (tertiary/aromatic N) is 6. The summed E-state index contributed by atoms with van der Waals surface area (Å²) in [5, 5.41) is 16.4. The minimum Gasteiger partial charge on any atom is -0.369 e. The lowest BCUT2D eigenvalue weighted by molar-refractivity contribution is 0.579. The van der Waals surface area contributed by atoms with Crippen LogP contribution in [0, 0.1) is 0 Å². The fourth-order valence-electron chi connectivity index (χ4n) is 5.71. The van der Waals surface area contributed by atoms with E-state index in [1.807, 2.05) is 28.7 Å². The summed E-state index contributed by atoms with van der Waals surface area (Å²) in [4.78, 5) is 11.6. The SMILES string of the molecule is C=C(Nc1nccs1)C(c1ncn2c1CCC2)n1cc2c(Cl)cc(-c3ccc(N4CCNCC4)cc3)c(Cl)c2n1. The average molecular weight is 592 g/mol. The molecule has 1 fully saturated rings. The molecule has 2 aliphatic rings. The molecule has 1 unspecified atom stereocenters. The van der Waals surface area contributed by atoms with Crippen molar-refractivity contribution >= 4 is 56.3 Å². The minimum absolute atomic E-state index is 0.362. The Labute approximate surface area is 246 Å². The molecule has 2 aliphatic heterocycles. The van der Waals surface area contributed by atoms with Crippen molar-refractivity contribution in [2.45, 2.75) is 25.4 Å². The molecule has 2 N–H and O–H groups in total. The van der Waals surface area contributed by atoms with Gasteiger partial charge in [0.2, 0.25) is 0 Å². The van der Waals surface area contributed by atoms with Gasteiger partial charge >= 0.3 is 0 Å². The van der Waals surface area contributed by atoms with E-state index in [2.05, 4.69) is 55.9 Å². The number of hydrogen-bond donors (Lipinski definition) is 2. The number of benzene rings is 2. The molecule has 0 spiro atoms. The molecular weight excluding hydrogens is 563 g/mol. The van der Waals surface area contributed by atoms with E-state index in [-0.39, 0.29) is 6.04 Å². The van der Waals surface area contributed by atoms with Gasteiger partial charge in [-0.2, -0.15) is 5.10 Å². The molecule has 204 valence electrons. The van der Waals surface area contributed by atoms with Crippen LogP contribution in [-0.4, -0.2) is 50.5 Å². The first-order chi connectivity index (χ1) is 19.6. The Morgan fingerprint density at radius 3 is 2.70 bits per heavy atom. The molecule has 1 saturated heterocycles. The van der Waals surface area contributed by atoms with Crippen molar-refractivity contribution < 1.29 is 0 Å². The summed E-state index contributed by atoms with van der Waals surface area (Å²) in [6, 6.07) is 10.1. The molecular formula is C29H28Cl2N8S. The van der Waals surface area contributed by atoms with Crippen LogP contribution >= 0.6 is 34.5 Å². The molecule has 0 radical (unpaired) electrons. The predicted octanol–water partition coefficient (Wildman–Crippen LogP) is 6.23. The van der Waals surface area contributed by atoms with Crippen LogP contribution in [0.5, 0.6) is 0 Å². The summed E-state index contributed by atoms with van der Waals surface area (Å²) < 4.78 is 4.09. The number of rotatable bonds is 7. The first kappa shape index (κ1) is 25.6. The monoisotopic (exact) mass is 590 g/mol. The van der Waals surface area contributed by atoms with Gasteiger partial charge in [0.15, 0.2) is 5.13 Å². The summed E-state index contributed by atoms with van der Waals surface area (Å²) in [6.07, 6.45) is 7.68. The number of aryl methyl sites for hydroxylation is 1. The van der Waals surface area contributed by atoms with Crippen molar-refractivity contribution in [2.75, 3.05) is 36.4 Å². The third kappa shape index (κ3) is 4.56. The lowest BCUT2D eigenvalue weighted by atomic mass is 10.0. The number of allylic oxidation sites excluding steroid dienone is 1. The molecule has 5 aromatic rings. The molecule has 3 aromatic heterocycles. The lowest BCUT2D eigenvalue weighted by Gasteiger charge is -2.29. The van der Waals surface area contributed by atoms with Crippen LogP contribution in [0.15, 0.2) is 66.7 Å². The van der Waals surface area contributed by atoms with Gasteiger partial charge in [0.25, 0.3) is 0 Å². The highest BCUT2D eigenvalue weighted by atomic mass is 35.5. The molecule has 8 nitrogen and oxygen atoms in total. The Morgan fingerprint density at radius 2 is 1.93 bits per heavy atom. The maximum absolute atomic E-state index is 7.05. The molecule has 0 bridgehead atoms. The van der Waals surface area contributed by atoms with E-state index >= 15 is 0 Å². The van der Waals surface area contributed by atoms with Crippen LogP contribution < -0.4 is 15.5 Å². The number of imidazole rings is 1. The van der Waals surface area contributed by atoms with Crippen LogP contribution in [-0.2, 0) is 13.0 Å². The normalized spacial score (nSPS) is 15.9. The first-order valence-corrected chi connectivity index (χ1v) is 15.0. The van der Waals surface area contributed by atoms with Crippen molar-refractivity contribution in [3.8, 4) is 11.1 Å². The van der Waals surface area contributed by atoms with Crippen LogP contribution in [0.3, 0.4) is 0 Å². The Balaban J connectivity index is 1.28. The molecule has 1 atom stereocenters. The molecule has 0 aliphatic carbocycles. The van der Waals surface area contributed by atoms with Crippen molar-refractivity contribution in [2.24, 2.45) is 0 Å². The summed E-state index contributed by atoms with van der Waals surface area (Å²) >= 11 is 15.4. The number of thiazole rings is 1. The number of nitrogens with one attached hydrogen (secondary N) is 2. The molecule has 0 amide bonds. The van der Waals surface area contributed by atoms with Crippen LogP contribution in [0.1, 0.15) is 23.9 Å². The third-order valence-corrected chi connectivity index (χ3v) is 9.09. The second kappa shape index (κ2) is 10.6. The van der Waals surface area contributed by atoms with E-state index in [4.69, 9.17) is 33.3 Å². The lowest BCUT2D eigenvalue weighted by Crippen LogP contribution is -2.43. The zero-order chi connectivity index (χ0) is 27.2. The van der Waals surface area contributed by atoms with Gasteiger partial charge in [0.05, 0.1) is 22.1 Å². The Hall–Kier alpha value is -3.37. The molecule has 0 saturated carbocycles. The van der Waals surface area contributed by atoms with Gasteiger partial charge in [-0.15, -0.1) is 11.3 Å². The quantitative estimate of drug-likeness (QED) is 0.234. The highest BCUT2D eigenvalue weighted by Crippen LogP contribution is 2.40. The van der Waals surface area contributed by atoms with E-state index in [1.54, 1.807) is 6.20 Å². The highest BCUT2D eigenvalue weighted by Gasteiger charge is 2.29. The first-order valence-electron chi connectivity index (χ1n) is 13.4. The van der Waals surface area contributed by atoms with Crippen molar-refractivity contribution in [1.82, 2.24) is 29.6 Å². The topological polar surface area (TPSA) is 75.8 Å². The zero-order valence-electron chi connectivity index (χ0n) is 21.8. The maximum Gasteiger partial charge on any atom is 0.186 e. The Kier molecular flexibility index (Phi) is 6.75. The van der Waals surface area contributed by atoms with Gasteiger partial charge < -0.3 is 20.1 Å². The molecule has 5 heterocycles. The van der Waals surface area contributed by atoms with Crippen molar-refractivity contribution in [3.63, 3.8) is 0 Å². The van der Waals surface area contributed by atoms with E-state index in [9.17, 15) is 0 Å². The van der Waals surface area contributed by atoms with E-state index in [1.165, 1.54) is 22.7 Å². The number of fused-ring (bicyclic) bond motifs is 2. The fraction of sp³-hybridized carbons (Fsp3) is 0.276. The van der Waals surface area contributed by atoms with Gasteiger partial charge in [-0.05, 0) is 36.6 Å². The number of halogens is 2. The van der Waals surface area contributed by atoms with Crippen molar-refractivity contribution in [3.05, 3.63) is 88.1 Å². The third-order valence-electron chi connectivity index (χ3n) is 7.71. The second-order valence-corrected chi connectivity index (χ2v) is 11.8. The smallest absolute Gasteiger partial charge is 0.186 e. The number of piperazine rings is 1. The molecule has 2 aromatic carbocycles. The van der Waals surface area contributed by atoms with Gasteiger partial charge in [-0.1, -0.05) is 41.9 Å². The van der Waals surface area contributed by atoms with E-state index < -0.39 is 0 Å². The molecule has 7 rings (SSSR count). The Morgan fingerprint density at radius 1 is 1.10 bits per heavy atom. The number of anilines is 2. The van der Waals surface area contributed by atoms with Crippen molar-refractivity contribution in [1.29, 1.82) is 0 Å². The average Bonchev–Trinajstić information content (AvgIpc) is 3.78. The highest BCUT2D eigenvalue weighted by molar-refractivity contribution is 7.13. The standard InChI is InChI=1S/C29H28Cl2N8S/c1-18(35-29-33-10-14-40-29)28(27-24-3-2-11-38(24)17-34-27)39-16-22-23(30)15-21(25(31)26(22)36-39)19-4-6-20(7-5-19)37-12-8-32-9-13-37/h4-7,10,14-17,28,32H,1-3,8-9,11-13H2,(H,33,35). The zero-order valence-corrected chi connectivity index (χ0v) is 24.1. The summed E-state index contributed by atoms with van der Waals surface area (Å²) in [7, 11) is 0. The van der Waals surface area contributed by atoms with Gasteiger partial charge in [0.1, 0.15) is 11.6 Å². The van der Waals surface area contributed by atoms with Gasteiger partial charge in [-0.3, -0.25) is 4.68 Å². The van der Waals surface area contributed by atoms with E-state index in [0.717, 1.165) is 78.6 Å². The second-order valence-electron chi connectivity index (χ2n) is 10.1. The predicted molar refractivity (Wildman–Crippen MR) is 164 cm³/mol. The van der Waals surface area contributed by atoms with Gasteiger partial charge in [-0.25, -0.2) is 9.97 Å². The van der Waals surface area contributed by atoms with Crippen LogP contribution in [0.25, 0.3) is 22.0 Å². The minimum atomic E-state index is -0.362.